The first-order valence-corrected chi connectivity index (χ1v) is 14.1. The molecule has 2 saturated heterocycles. The average molecular weight is 562 g/mol. The molecule has 1 aromatic heterocycles. The third-order valence-electron chi connectivity index (χ3n) is 7.91. The Bertz CT molecular complexity index is 1380. The van der Waals surface area contributed by atoms with Gasteiger partial charge in [0.15, 0.2) is 5.69 Å². The highest BCUT2D eigenvalue weighted by atomic mass is 19.1. The highest BCUT2D eigenvalue weighted by Crippen LogP contribution is 2.44. The molecule has 3 heterocycles. The molecule has 2 aliphatic rings. The van der Waals surface area contributed by atoms with Crippen LogP contribution in [0.15, 0.2) is 54.6 Å². The molecule has 2 aliphatic heterocycles. The smallest absolute Gasteiger partial charge is 0.356 e. The van der Waals surface area contributed by atoms with Gasteiger partial charge in [0, 0.05) is 19.5 Å². The minimum absolute atomic E-state index is 0.0343. The van der Waals surface area contributed by atoms with Gasteiger partial charge < -0.3 is 14.2 Å². The molecule has 3 aromatic rings. The van der Waals surface area contributed by atoms with Crippen LogP contribution < -0.4 is 14.4 Å². The number of esters is 1. The molecule has 0 bridgehead atoms. The molecule has 2 fully saturated rings. The Balaban J connectivity index is 1.30. The van der Waals surface area contributed by atoms with E-state index in [9.17, 15) is 14.0 Å². The lowest BCUT2D eigenvalue weighted by Gasteiger charge is -2.38. The number of nitrogens with zero attached hydrogens (tertiary/aromatic N) is 3. The van der Waals surface area contributed by atoms with Gasteiger partial charge in [-0.15, -0.1) is 0 Å². The molecule has 0 radical (unpaired) electrons. The summed E-state index contributed by atoms with van der Waals surface area (Å²) in [7, 11) is 1.32. The third-order valence-corrected chi connectivity index (χ3v) is 7.91. The van der Waals surface area contributed by atoms with Crippen molar-refractivity contribution in [3.8, 4) is 22.6 Å². The van der Waals surface area contributed by atoms with Gasteiger partial charge in [-0.05, 0) is 92.7 Å². The number of amides is 1. The van der Waals surface area contributed by atoms with E-state index in [-0.39, 0.29) is 22.8 Å². The maximum absolute atomic E-state index is 13.6. The lowest BCUT2D eigenvalue weighted by Crippen LogP contribution is -2.41. The summed E-state index contributed by atoms with van der Waals surface area (Å²) in [4.78, 5) is 33.5. The van der Waals surface area contributed by atoms with Crippen LogP contribution in [0.4, 0.5) is 10.2 Å². The SMILES string of the molecule is CCOc1cc(CN2CCC3(CC2)CC(=O)N(c2cccc(C(=O)OC)n2)C3)cc(OCC)c1-c1ccc(F)cc1. The maximum Gasteiger partial charge on any atom is 0.356 e. The quantitative estimate of drug-likeness (QED) is 0.320. The molecule has 41 heavy (non-hydrogen) atoms. The number of halogens is 1. The van der Waals surface area contributed by atoms with Crippen molar-refractivity contribution in [3.05, 3.63) is 71.7 Å². The average Bonchev–Trinajstić information content (AvgIpc) is 3.30. The van der Waals surface area contributed by atoms with Gasteiger partial charge in [-0.3, -0.25) is 14.6 Å². The number of aromatic nitrogens is 1. The Morgan fingerprint density at radius 2 is 1.66 bits per heavy atom. The lowest BCUT2D eigenvalue weighted by molar-refractivity contribution is -0.118. The second kappa shape index (κ2) is 12.3. The van der Waals surface area contributed by atoms with Crippen molar-refractivity contribution in [2.45, 2.75) is 39.7 Å². The van der Waals surface area contributed by atoms with Gasteiger partial charge in [-0.1, -0.05) is 18.2 Å². The van der Waals surface area contributed by atoms with E-state index < -0.39 is 5.97 Å². The van der Waals surface area contributed by atoms with E-state index in [4.69, 9.17) is 14.2 Å². The fourth-order valence-electron chi connectivity index (χ4n) is 5.85. The van der Waals surface area contributed by atoms with Crippen LogP contribution in [0.3, 0.4) is 0 Å². The predicted octanol–water partition coefficient (Wildman–Crippen LogP) is 5.49. The topological polar surface area (TPSA) is 81.2 Å². The molecular formula is C32H36FN3O5. The van der Waals surface area contributed by atoms with Gasteiger partial charge in [-0.2, -0.15) is 0 Å². The number of anilines is 1. The number of methoxy groups -OCH3 is 1. The fraction of sp³-hybridized carbons (Fsp3) is 0.406. The van der Waals surface area contributed by atoms with E-state index in [1.54, 1.807) is 35.2 Å². The van der Waals surface area contributed by atoms with E-state index in [1.807, 2.05) is 13.8 Å². The van der Waals surface area contributed by atoms with E-state index in [0.717, 1.165) is 49.2 Å². The summed E-state index contributed by atoms with van der Waals surface area (Å²) in [5.41, 5.74) is 2.82. The number of hydrogen-bond donors (Lipinski definition) is 0. The number of hydrogen-bond acceptors (Lipinski definition) is 7. The maximum atomic E-state index is 13.6. The number of rotatable bonds is 9. The summed E-state index contributed by atoms with van der Waals surface area (Å²) in [5, 5.41) is 0. The van der Waals surface area contributed by atoms with Gasteiger partial charge in [-0.25, -0.2) is 14.2 Å². The zero-order valence-electron chi connectivity index (χ0n) is 23.8. The van der Waals surface area contributed by atoms with Crippen LogP contribution in [-0.2, 0) is 16.1 Å². The van der Waals surface area contributed by atoms with Crippen LogP contribution in [0.1, 0.15) is 49.2 Å². The minimum atomic E-state index is -0.521. The van der Waals surface area contributed by atoms with Gasteiger partial charge in [0.05, 0.1) is 25.9 Å². The Labute approximate surface area is 240 Å². The van der Waals surface area contributed by atoms with Gasteiger partial charge in [0.2, 0.25) is 5.91 Å². The molecule has 2 aromatic carbocycles. The molecule has 8 nitrogen and oxygen atoms in total. The number of benzene rings is 2. The Kier molecular flexibility index (Phi) is 8.54. The molecule has 0 aliphatic carbocycles. The molecule has 1 spiro atoms. The van der Waals surface area contributed by atoms with E-state index in [0.29, 0.717) is 43.5 Å². The molecule has 5 rings (SSSR count). The molecule has 0 N–H and O–H groups in total. The van der Waals surface area contributed by atoms with E-state index >= 15 is 0 Å². The van der Waals surface area contributed by atoms with Crippen molar-refractivity contribution >= 4 is 17.7 Å². The minimum Gasteiger partial charge on any atom is -0.493 e. The van der Waals surface area contributed by atoms with Crippen LogP contribution in [0.5, 0.6) is 11.5 Å². The van der Waals surface area contributed by atoms with Crippen molar-refractivity contribution in [1.82, 2.24) is 9.88 Å². The second-order valence-corrected chi connectivity index (χ2v) is 10.6. The molecule has 216 valence electrons. The van der Waals surface area contributed by atoms with Crippen molar-refractivity contribution in [1.29, 1.82) is 0 Å². The molecule has 9 heteroatoms. The van der Waals surface area contributed by atoms with Crippen molar-refractivity contribution in [3.63, 3.8) is 0 Å². The number of ether oxygens (including phenoxy) is 3. The van der Waals surface area contributed by atoms with Crippen molar-refractivity contribution in [2.75, 3.05) is 44.9 Å². The summed E-state index contributed by atoms with van der Waals surface area (Å²) in [5.74, 6) is 1.14. The van der Waals surface area contributed by atoms with Crippen LogP contribution >= 0.6 is 0 Å². The monoisotopic (exact) mass is 561 g/mol. The van der Waals surface area contributed by atoms with Gasteiger partial charge in [0.25, 0.3) is 0 Å². The summed E-state index contributed by atoms with van der Waals surface area (Å²) >= 11 is 0. The van der Waals surface area contributed by atoms with Gasteiger partial charge in [0.1, 0.15) is 23.1 Å². The van der Waals surface area contributed by atoms with Crippen molar-refractivity contribution < 1.29 is 28.2 Å². The highest BCUT2D eigenvalue weighted by Gasteiger charge is 2.45. The first-order chi connectivity index (χ1) is 19.8. The Morgan fingerprint density at radius 3 is 2.27 bits per heavy atom. The number of likely N-dealkylation sites (tertiary alicyclic amines) is 1. The van der Waals surface area contributed by atoms with Crippen LogP contribution in [0.25, 0.3) is 11.1 Å². The zero-order chi connectivity index (χ0) is 29.0. The van der Waals surface area contributed by atoms with Crippen LogP contribution in [-0.4, -0.2) is 61.7 Å². The Morgan fingerprint density at radius 1 is 1.00 bits per heavy atom. The summed E-state index contributed by atoms with van der Waals surface area (Å²) in [6.07, 6.45) is 2.24. The number of carbonyl (C=O) groups is 2. The molecule has 0 atom stereocenters. The standard InChI is InChI=1S/C32H36FN3O5/c1-4-40-26-17-22(18-27(41-5-2)30(26)23-9-11-24(33)12-10-23)20-35-15-13-32(14-16-35)19-29(37)36(21-32)28-8-6-7-25(34-28)31(38)39-3/h6-12,17-18H,4-5,13-16,19-21H2,1-3H3. The zero-order valence-corrected chi connectivity index (χ0v) is 23.8. The number of piperidine rings is 1. The number of carbonyl (C=O) groups excluding carboxylic acids is 2. The highest BCUT2D eigenvalue weighted by molar-refractivity contribution is 5.96. The van der Waals surface area contributed by atoms with Crippen LogP contribution in [0.2, 0.25) is 0 Å². The second-order valence-electron chi connectivity index (χ2n) is 10.6. The molecule has 1 amide bonds. The fourth-order valence-corrected chi connectivity index (χ4v) is 5.85. The summed E-state index contributed by atoms with van der Waals surface area (Å²) in [6, 6.07) is 15.6. The molecule has 0 saturated carbocycles. The normalized spacial score (nSPS) is 16.7. The number of pyridine rings is 1. The first-order valence-electron chi connectivity index (χ1n) is 14.1. The first kappa shape index (κ1) is 28.5. The lowest BCUT2D eigenvalue weighted by atomic mass is 9.77. The van der Waals surface area contributed by atoms with E-state index in [2.05, 4.69) is 22.0 Å². The molecular weight excluding hydrogens is 525 g/mol. The van der Waals surface area contributed by atoms with Crippen LogP contribution in [0, 0.1) is 11.2 Å². The van der Waals surface area contributed by atoms with E-state index in [1.165, 1.54) is 19.2 Å². The summed E-state index contributed by atoms with van der Waals surface area (Å²) < 4.78 is 30.5. The largest absolute Gasteiger partial charge is 0.493 e. The third kappa shape index (κ3) is 6.20. The Hall–Kier alpha value is -3.98. The van der Waals surface area contributed by atoms with Crippen molar-refractivity contribution in [2.24, 2.45) is 5.41 Å². The predicted molar refractivity (Wildman–Crippen MR) is 154 cm³/mol. The van der Waals surface area contributed by atoms with Gasteiger partial charge >= 0.3 is 5.97 Å². The molecule has 0 unspecified atom stereocenters. The summed E-state index contributed by atoms with van der Waals surface area (Å²) in [6.45, 7) is 7.90.